The molecule has 0 aliphatic carbocycles. The minimum absolute atomic E-state index is 0. The Hall–Kier alpha value is -2.55. The quantitative estimate of drug-likeness (QED) is 0.222. The summed E-state index contributed by atoms with van der Waals surface area (Å²) < 4.78 is 0. The molecule has 0 saturated heterocycles. The fraction of sp³-hybridized carbons (Fsp3) is 0.267. The largest absolute Gasteiger partial charge is 4.00 e. The third-order valence-corrected chi connectivity index (χ3v) is 4.59. The van der Waals surface area contributed by atoms with Gasteiger partial charge in [0.15, 0.2) is 0 Å². The number of rotatable bonds is 6. The predicted molar refractivity (Wildman–Crippen MR) is 133 cm³/mol. The van der Waals surface area contributed by atoms with Crippen LogP contribution >= 0.6 is 0 Å². The summed E-state index contributed by atoms with van der Waals surface area (Å²) in [5.74, 6) is 0.144. The third-order valence-electron chi connectivity index (χ3n) is 4.59. The van der Waals surface area contributed by atoms with Crippen molar-refractivity contribution in [2.24, 2.45) is 0 Å². The fourth-order valence-corrected chi connectivity index (χ4v) is 2.76. The molecular formula is C30H36O2Ti. The molecule has 0 bridgehead atoms. The van der Waals surface area contributed by atoms with Crippen molar-refractivity contribution in [2.75, 3.05) is 0 Å². The Morgan fingerprint density at radius 2 is 0.818 bits per heavy atom. The van der Waals surface area contributed by atoms with Crippen LogP contribution in [0, 0.1) is 0 Å². The first-order valence-electron chi connectivity index (χ1n) is 11.5. The average molecular weight is 476 g/mol. The van der Waals surface area contributed by atoms with Crippen molar-refractivity contribution in [1.82, 2.24) is 0 Å². The summed E-state index contributed by atoms with van der Waals surface area (Å²) in [4.78, 5) is 0. The first-order valence-corrected chi connectivity index (χ1v) is 11.5. The third kappa shape index (κ3) is 17.7. The van der Waals surface area contributed by atoms with E-state index in [4.69, 9.17) is 0 Å². The number of unbranched alkanes of at least 4 members (excludes halogenated alkanes) is 2. The predicted octanol–water partition coefficient (Wildman–Crippen LogP) is 7.01. The molecular weight excluding hydrogens is 440 g/mol. The van der Waals surface area contributed by atoms with Gasteiger partial charge in [0.05, 0.1) is 0 Å². The summed E-state index contributed by atoms with van der Waals surface area (Å²) in [6.45, 7) is 4.45. The van der Waals surface area contributed by atoms with E-state index in [2.05, 4.69) is 62.4 Å². The zero-order valence-corrected chi connectivity index (χ0v) is 21.5. The summed E-state index contributed by atoms with van der Waals surface area (Å²) in [5, 5.41) is 20.5. The molecule has 4 aromatic carbocycles. The molecule has 0 spiro atoms. The molecule has 33 heavy (non-hydrogen) atoms. The molecule has 0 saturated carbocycles. The number of benzene rings is 2. The molecule has 0 atom stereocenters. The van der Waals surface area contributed by atoms with Crippen LogP contribution < -0.4 is 10.2 Å². The SMILES string of the molecule is CCCC[c-]1cccc1.CCCC[c-]1cccc1.[O-]c1ccccc1.[O-]c1ccccc1.[Ti+4]. The summed E-state index contributed by atoms with van der Waals surface area (Å²) in [6, 6.07) is 33.8. The van der Waals surface area contributed by atoms with Crippen LogP contribution in [0.3, 0.4) is 0 Å². The fourth-order valence-electron chi connectivity index (χ4n) is 2.76. The van der Waals surface area contributed by atoms with Crippen LogP contribution in [0.15, 0.2) is 109 Å². The summed E-state index contributed by atoms with van der Waals surface area (Å²) >= 11 is 0. The molecule has 0 aliphatic heterocycles. The molecule has 0 radical (unpaired) electrons. The molecule has 172 valence electrons. The van der Waals surface area contributed by atoms with Gasteiger partial charge in [-0.3, -0.25) is 0 Å². The molecule has 0 aromatic heterocycles. The Labute approximate surface area is 215 Å². The summed E-state index contributed by atoms with van der Waals surface area (Å²) in [7, 11) is 0. The molecule has 0 unspecified atom stereocenters. The first-order chi connectivity index (χ1) is 15.7. The van der Waals surface area contributed by atoms with Crippen molar-refractivity contribution in [2.45, 2.75) is 52.4 Å². The van der Waals surface area contributed by atoms with E-state index in [9.17, 15) is 10.2 Å². The van der Waals surface area contributed by atoms with Crippen molar-refractivity contribution in [3.05, 3.63) is 120 Å². The molecule has 4 aromatic rings. The van der Waals surface area contributed by atoms with Crippen molar-refractivity contribution in [3.63, 3.8) is 0 Å². The minimum Gasteiger partial charge on any atom is -0.872 e. The number of hydrogen-bond acceptors (Lipinski definition) is 2. The second kappa shape index (κ2) is 21.3. The van der Waals surface area contributed by atoms with Crippen LogP contribution in [0.1, 0.15) is 50.7 Å². The van der Waals surface area contributed by atoms with Gasteiger partial charge in [0, 0.05) is 0 Å². The Morgan fingerprint density at radius 1 is 0.515 bits per heavy atom. The van der Waals surface area contributed by atoms with Gasteiger partial charge in [0.2, 0.25) is 0 Å². The van der Waals surface area contributed by atoms with Gasteiger partial charge in [-0.2, -0.15) is 35.4 Å². The van der Waals surface area contributed by atoms with Crippen LogP contribution in [0.4, 0.5) is 0 Å². The van der Waals surface area contributed by atoms with Crippen molar-refractivity contribution < 1.29 is 31.9 Å². The van der Waals surface area contributed by atoms with Gasteiger partial charge in [-0.15, -0.1) is 11.5 Å². The normalized spacial score (nSPS) is 9.03. The maximum absolute atomic E-state index is 10.3. The van der Waals surface area contributed by atoms with E-state index in [0.717, 1.165) is 0 Å². The summed E-state index contributed by atoms with van der Waals surface area (Å²) in [6.07, 6.45) is 7.75. The molecule has 2 nitrogen and oxygen atoms in total. The van der Waals surface area contributed by atoms with E-state index in [1.165, 1.54) is 73.9 Å². The Morgan fingerprint density at radius 3 is 1.03 bits per heavy atom. The zero-order valence-electron chi connectivity index (χ0n) is 20.0. The van der Waals surface area contributed by atoms with Crippen molar-refractivity contribution >= 4 is 0 Å². The minimum atomic E-state index is 0. The van der Waals surface area contributed by atoms with Crippen LogP contribution in [0.5, 0.6) is 11.5 Å². The second-order valence-corrected chi connectivity index (χ2v) is 7.42. The van der Waals surface area contributed by atoms with Gasteiger partial charge in [0.25, 0.3) is 0 Å². The second-order valence-electron chi connectivity index (χ2n) is 7.42. The first kappa shape index (κ1) is 30.5. The van der Waals surface area contributed by atoms with Gasteiger partial charge in [-0.1, -0.05) is 113 Å². The van der Waals surface area contributed by atoms with E-state index in [1.54, 1.807) is 24.3 Å². The molecule has 0 fully saturated rings. The van der Waals surface area contributed by atoms with Crippen molar-refractivity contribution in [3.8, 4) is 11.5 Å². The number of aryl methyl sites for hydroxylation is 2. The van der Waals surface area contributed by atoms with Crippen molar-refractivity contribution in [1.29, 1.82) is 0 Å². The van der Waals surface area contributed by atoms with E-state index < -0.39 is 0 Å². The van der Waals surface area contributed by atoms with E-state index in [0.29, 0.717) is 0 Å². The zero-order chi connectivity index (χ0) is 23.3. The average Bonchev–Trinajstić information content (AvgIpc) is 3.53. The molecule has 0 heterocycles. The van der Waals surface area contributed by atoms with Gasteiger partial charge in [-0.25, -0.2) is 24.3 Å². The van der Waals surface area contributed by atoms with Gasteiger partial charge < -0.3 is 10.2 Å². The van der Waals surface area contributed by atoms with E-state index in [1.807, 2.05) is 12.1 Å². The topological polar surface area (TPSA) is 46.1 Å². The Bertz CT molecular complexity index is 779. The molecule has 3 heteroatoms. The maximum Gasteiger partial charge on any atom is 4.00 e. The molecule has 4 rings (SSSR count). The monoisotopic (exact) mass is 476 g/mol. The smallest absolute Gasteiger partial charge is 0.872 e. The molecule has 0 N–H and O–H groups in total. The van der Waals surface area contributed by atoms with Gasteiger partial charge in [0.1, 0.15) is 0 Å². The Balaban J connectivity index is 0.000000412. The summed E-state index contributed by atoms with van der Waals surface area (Å²) in [5.41, 5.74) is 2.97. The van der Waals surface area contributed by atoms with Crippen LogP contribution in [-0.4, -0.2) is 0 Å². The van der Waals surface area contributed by atoms with Gasteiger partial charge >= 0.3 is 21.7 Å². The van der Waals surface area contributed by atoms with Crippen LogP contribution in [0.25, 0.3) is 0 Å². The molecule has 0 amide bonds. The number of hydrogen-bond donors (Lipinski definition) is 0. The van der Waals surface area contributed by atoms with E-state index in [-0.39, 0.29) is 33.2 Å². The van der Waals surface area contributed by atoms with Gasteiger partial charge in [-0.05, 0) is 0 Å². The number of para-hydroxylation sites is 2. The molecule has 0 aliphatic rings. The maximum atomic E-state index is 10.3. The van der Waals surface area contributed by atoms with Crippen LogP contribution in [-0.2, 0) is 34.6 Å². The Kier molecular flexibility index (Phi) is 19.7. The standard InChI is InChI=1S/2C9H13.2C6H6O.Ti/c2*1-2-3-6-9-7-4-5-8-9;2*7-6-4-2-1-3-5-6;/h2*4-5,7-8H,2-3,6H2,1H3;2*1-5,7H;/q2*-1;;;+4/p-2. The van der Waals surface area contributed by atoms with Crippen LogP contribution in [0.2, 0.25) is 0 Å². The van der Waals surface area contributed by atoms with E-state index >= 15 is 0 Å².